The van der Waals surface area contributed by atoms with Crippen molar-refractivity contribution < 1.29 is 23.8 Å². The van der Waals surface area contributed by atoms with Crippen LogP contribution in [0.3, 0.4) is 0 Å². The third kappa shape index (κ3) is 5.71. The number of carbonyl (C=O) groups is 2. The summed E-state index contributed by atoms with van der Waals surface area (Å²) in [5.41, 5.74) is 5.08. The zero-order valence-corrected chi connectivity index (χ0v) is 17.9. The highest BCUT2D eigenvalue weighted by molar-refractivity contribution is 9.10. The molecule has 7 nitrogen and oxygen atoms in total. The van der Waals surface area contributed by atoms with Gasteiger partial charge in [0.25, 0.3) is 11.8 Å². The minimum Gasteiger partial charge on any atom is -0.490 e. The molecular weight excluding hydrogens is 452 g/mol. The normalized spacial score (nSPS) is 10.5. The molecule has 0 aliphatic carbocycles. The summed E-state index contributed by atoms with van der Waals surface area (Å²) >= 11 is 3.36. The fourth-order valence-electron chi connectivity index (χ4n) is 2.69. The van der Waals surface area contributed by atoms with E-state index in [1.165, 1.54) is 0 Å². The fraction of sp³-hybridized carbons (Fsp3) is 0.182. The quantitative estimate of drug-likeness (QED) is 0.387. The molecule has 2 amide bonds. The number of halogens is 1. The van der Waals surface area contributed by atoms with Gasteiger partial charge in [-0.25, -0.2) is 0 Å². The Morgan fingerprint density at radius 1 is 0.900 bits per heavy atom. The largest absolute Gasteiger partial charge is 0.490 e. The summed E-state index contributed by atoms with van der Waals surface area (Å²) in [6.45, 7) is 0.624. The Bertz CT molecular complexity index is 1040. The highest BCUT2D eigenvalue weighted by Crippen LogP contribution is 2.26. The van der Waals surface area contributed by atoms with Crippen molar-refractivity contribution in [3.05, 3.63) is 70.7 Å². The van der Waals surface area contributed by atoms with Crippen LogP contribution in [0.1, 0.15) is 10.4 Å². The van der Waals surface area contributed by atoms with Crippen molar-refractivity contribution in [2.24, 2.45) is 0 Å². The number of carbonyl (C=O) groups excluding carboxylic acids is 2. The van der Waals surface area contributed by atoms with Crippen molar-refractivity contribution >= 4 is 38.5 Å². The molecule has 0 saturated carbocycles. The first-order chi connectivity index (χ1) is 14.6. The Kier molecular flexibility index (Phi) is 7.64. The van der Waals surface area contributed by atoms with Crippen molar-refractivity contribution in [3.63, 3.8) is 0 Å². The first-order valence-electron chi connectivity index (χ1n) is 9.19. The van der Waals surface area contributed by atoms with Crippen molar-refractivity contribution in [1.29, 1.82) is 0 Å². The number of hydrogen-bond donors (Lipinski definition) is 2. The fourth-order valence-corrected chi connectivity index (χ4v) is 3.19. The Balaban J connectivity index is 1.50. The molecule has 0 radical (unpaired) electrons. The van der Waals surface area contributed by atoms with E-state index in [9.17, 15) is 9.59 Å². The van der Waals surface area contributed by atoms with Gasteiger partial charge in [-0.2, -0.15) is 0 Å². The molecule has 0 saturated heterocycles. The lowest BCUT2D eigenvalue weighted by molar-refractivity contribution is -0.123. The van der Waals surface area contributed by atoms with Crippen LogP contribution in [-0.4, -0.2) is 38.7 Å². The lowest BCUT2D eigenvalue weighted by atomic mass is 10.1. The Morgan fingerprint density at radius 3 is 2.50 bits per heavy atom. The molecule has 0 bridgehead atoms. The maximum absolute atomic E-state index is 12.3. The van der Waals surface area contributed by atoms with Gasteiger partial charge in [0.05, 0.1) is 11.1 Å². The third-order valence-electron chi connectivity index (χ3n) is 4.16. The van der Waals surface area contributed by atoms with Crippen LogP contribution in [0.15, 0.2) is 65.1 Å². The predicted octanol–water partition coefficient (Wildman–Crippen LogP) is 3.47. The lowest BCUT2D eigenvalue weighted by Crippen LogP contribution is -2.43. The minimum absolute atomic E-state index is 0.232. The summed E-state index contributed by atoms with van der Waals surface area (Å²) in [6.07, 6.45) is 0. The van der Waals surface area contributed by atoms with Crippen LogP contribution in [0.25, 0.3) is 10.8 Å². The van der Waals surface area contributed by atoms with E-state index in [4.69, 9.17) is 14.2 Å². The molecule has 156 valence electrons. The smallest absolute Gasteiger partial charge is 0.276 e. The molecule has 3 aromatic carbocycles. The number of amides is 2. The number of rotatable bonds is 8. The van der Waals surface area contributed by atoms with E-state index >= 15 is 0 Å². The highest BCUT2D eigenvalue weighted by atomic mass is 79.9. The Morgan fingerprint density at radius 2 is 1.70 bits per heavy atom. The van der Waals surface area contributed by atoms with E-state index in [2.05, 4.69) is 26.8 Å². The highest BCUT2D eigenvalue weighted by Gasteiger charge is 2.11. The molecule has 30 heavy (non-hydrogen) atoms. The molecule has 0 aliphatic rings. The van der Waals surface area contributed by atoms with E-state index in [1.54, 1.807) is 31.4 Å². The second kappa shape index (κ2) is 10.6. The molecule has 0 aromatic heterocycles. The topological polar surface area (TPSA) is 85.9 Å². The van der Waals surface area contributed by atoms with Gasteiger partial charge in [0.1, 0.15) is 18.1 Å². The molecule has 3 rings (SSSR count). The van der Waals surface area contributed by atoms with Gasteiger partial charge >= 0.3 is 0 Å². The van der Waals surface area contributed by atoms with E-state index in [-0.39, 0.29) is 6.61 Å². The number of hydrazine groups is 1. The summed E-state index contributed by atoms with van der Waals surface area (Å²) in [7, 11) is 1.59. The van der Waals surface area contributed by atoms with Crippen molar-refractivity contribution in [2.75, 3.05) is 26.9 Å². The summed E-state index contributed by atoms with van der Waals surface area (Å²) in [5, 5.41) is 1.93. The van der Waals surface area contributed by atoms with Crippen LogP contribution in [0, 0.1) is 0 Å². The van der Waals surface area contributed by atoms with Gasteiger partial charge < -0.3 is 14.2 Å². The molecule has 3 aromatic rings. The van der Waals surface area contributed by atoms with Crippen LogP contribution in [0.4, 0.5) is 0 Å². The Labute approximate surface area is 182 Å². The zero-order valence-electron chi connectivity index (χ0n) is 16.3. The van der Waals surface area contributed by atoms with Gasteiger partial charge in [-0.3, -0.25) is 20.4 Å². The molecule has 8 heteroatoms. The van der Waals surface area contributed by atoms with E-state index < -0.39 is 11.8 Å². The first-order valence-corrected chi connectivity index (χ1v) is 9.99. The van der Waals surface area contributed by atoms with Gasteiger partial charge in [0.2, 0.25) is 0 Å². The summed E-state index contributed by atoms with van der Waals surface area (Å²) in [6, 6.07) is 18.2. The van der Waals surface area contributed by atoms with Crippen LogP contribution in [0.5, 0.6) is 11.5 Å². The molecule has 0 fully saturated rings. The lowest BCUT2D eigenvalue weighted by Gasteiger charge is -2.12. The van der Waals surface area contributed by atoms with Crippen LogP contribution < -0.4 is 20.3 Å². The van der Waals surface area contributed by atoms with Crippen molar-refractivity contribution in [3.8, 4) is 11.5 Å². The van der Waals surface area contributed by atoms with E-state index in [1.807, 2.05) is 36.4 Å². The average molecular weight is 473 g/mol. The molecular formula is C22H21BrN2O5. The molecule has 0 heterocycles. The maximum atomic E-state index is 12.3. The second-order valence-electron chi connectivity index (χ2n) is 6.25. The second-order valence-corrected chi connectivity index (χ2v) is 7.11. The van der Waals surface area contributed by atoms with Gasteiger partial charge in [-0.1, -0.05) is 36.4 Å². The van der Waals surface area contributed by atoms with E-state index in [0.29, 0.717) is 34.7 Å². The zero-order chi connectivity index (χ0) is 21.3. The maximum Gasteiger partial charge on any atom is 0.276 e. The number of benzene rings is 3. The van der Waals surface area contributed by atoms with Gasteiger partial charge in [0.15, 0.2) is 6.61 Å². The van der Waals surface area contributed by atoms with Crippen molar-refractivity contribution in [2.45, 2.75) is 0 Å². The van der Waals surface area contributed by atoms with Gasteiger partial charge in [0, 0.05) is 18.1 Å². The molecule has 0 atom stereocenters. The number of hydrogen-bond acceptors (Lipinski definition) is 5. The van der Waals surface area contributed by atoms with Crippen LogP contribution in [0.2, 0.25) is 0 Å². The molecule has 0 unspecified atom stereocenters. The summed E-state index contributed by atoms with van der Waals surface area (Å²) in [4.78, 5) is 24.3. The van der Waals surface area contributed by atoms with Crippen LogP contribution >= 0.6 is 15.9 Å². The van der Waals surface area contributed by atoms with Crippen molar-refractivity contribution in [1.82, 2.24) is 10.9 Å². The summed E-state index contributed by atoms with van der Waals surface area (Å²) < 4.78 is 16.7. The summed E-state index contributed by atoms with van der Waals surface area (Å²) in [5.74, 6) is 0.256. The average Bonchev–Trinajstić information content (AvgIpc) is 2.77. The number of nitrogens with one attached hydrogen (secondary N) is 2. The third-order valence-corrected chi connectivity index (χ3v) is 4.78. The Hall–Kier alpha value is -3.10. The van der Waals surface area contributed by atoms with Gasteiger partial charge in [-0.05, 0) is 45.6 Å². The predicted molar refractivity (Wildman–Crippen MR) is 117 cm³/mol. The number of fused-ring (bicyclic) bond motifs is 1. The number of ether oxygens (including phenoxy) is 3. The number of methoxy groups -OCH3 is 1. The van der Waals surface area contributed by atoms with Gasteiger partial charge in [-0.15, -0.1) is 0 Å². The first kappa shape index (κ1) is 21.6. The van der Waals surface area contributed by atoms with Crippen LogP contribution in [-0.2, 0) is 9.53 Å². The molecule has 2 N–H and O–H groups in total. The SMILES string of the molecule is COCCOc1ccc(C(=O)NNC(=O)COc2cccc3ccccc23)cc1Br. The molecule has 0 aliphatic heterocycles. The standard InChI is InChI=1S/C22H21BrN2O5/c1-28-11-12-29-20-10-9-16(13-18(20)23)22(27)25-24-21(26)14-30-19-8-4-6-15-5-2-3-7-17(15)19/h2-10,13H,11-12,14H2,1H3,(H,24,26)(H,25,27). The minimum atomic E-state index is -0.477. The van der Waals surface area contributed by atoms with E-state index in [0.717, 1.165) is 10.8 Å². The molecule has 0 spiro atoms. The monoisotopic (exact) mass is 472 g/mol.